The van der Waals surface area contributed by atoms with Crippen molar-refractivity contribution in [3.8, 4) is 0 Å². The quantitative estimate of drug-likeness (QED) is 0.630. The Morgan fingerprint density at radius 3 is 2.27 bits per heavy atom. The van der Waals surface area contributed by atoms with Gasteiger partial charge in [0.05, 0.1) is 0 Å². The molecule has 0 spiro atoms. The Kier molecular flexibility index (Phi) is 7.82. The van der Waals surface area contributed by atoms with E-state index in [-0.39, 0.29) is 0 Å². The van der Waals surface area contributed by atoms with Crippen LogP contribution in [0.1, 0.15) is 33.6 Å². The van der Waals surface area contributed by atoms with Gasteiger partial charge in [0.2, 0.25) is 0 Å². The number of hydrogen-bond acceptors (Lipinski definition) is 2. The molecule has 2 unspecified atom stereocenters. The van der Waals surface area contributed by atoms with Crippen LogP contribution < -0.4 is 0 Å². The van der Waals surface area contributed by atoms with Gasteiger partial charge in [0.15, 0.2) is 0 Å². The van der Waals surface area contributed by atoms with Crippen molar-refractivity contribution in [1.82, 2.24) is 0 Å². The molecule has 2 heteroatoms. The van der Waals surface area contributed by atoms with Crippen molar-refractivity contribution in [2.75, 3.05) is 12.0 Å². The van der Waals surface area contributed by atoms with Crippen molar-refractivity contribution in [1.29, 1.82) is 0 Å². The van der Waals surface area contributed by atoms with Crippen LogP contribution in [0.3, 0.4) is 0 Å². The predicted molar refractivity (Wildman–Crippen MR) is 59.8 cm³/mol. The molecule has 0 nitrogen and oxygen atoms in total. The lowest BCUT2D eigenvalue weighted by molar-refractivity contribution is 0.731. The van der Waals surface area contributed by atoms with Gasteiger partial charge in [-0.2, -0.15) is 23.5 Å². The summed E-state index contributed by atoms with van der Waals surface area (Å²) in [5.74, 6) is 1.26. The lowest BCUT2D eigenvalue weighted by Gasteiger charge is -2.20. The van der Waals surface area contributed by atoms with Gasteiger partial charge in [-0.1, -0.05) is 27.2 Å². The molecule has 0 radical (unpaired) electrons. The molecule has 68 valence electrons. The van der Waals surface area contributed by atoms with Gasteiger partial charge in [-0.3, -0.25) is 0 Å². The summed E-state index contributed by atoms with van der Waals surface area (Å²) in [5, 5.41) is 1.69. The first kappa shape index (κ1) is 11.7. The minimum absolute atomic E-state index is 0.819. The minimum atomic E-state index is 0.819. The number of hydrogen-bond donors (Lipinski definition) is 0. The highest BCUT2D eigenvalue weighted by Gasteiger charge is 2.14. The Bertz CT molecular complexity index is 77.6. The van der Waals surface area contributed by atoms with Crippen LogP contribution in [0, 0.1) is 0 Å². The molecule has 0 aromatic rings. The van der Waals surface area contributed by atoms with Gasteiger partial charge in [-0.25, -0.2) is 0 Å². The van der Waals surface area contributed by atoms with E-state index in [1.54, 1.807) is 0 Å². The van der Waals surface area contributed by atoms with E-state index < -0.39 is 0 Å². The molecule has 11 heavy (non-hydrogen) atoms. The zero-order valence-electron chi connectivity index (χ0n) is 8.09. The molecule has 0 saturated heterocycles. The van der Waals surface area contributed by atoms with Crippen molar-refractivity contribution in [2.24, 2.45) is 0 Å². The van der Waals surface area contributed by atoms with Crippen molar-refractivity contribution in [3.63, 3.8) is 0 Å². The second-order valence-electron chi connectivity index (χ2n) is 2.72. The van der Waals surface area contributed by atoms with Gasteiger partial charge >= 0.3 is 0 Å². The van der Waals surface area contributed by atoms with Crippen LogP contribution in [-0.4, -0.2) is 22.5 Å². The maximum atomic E-state index is 2.34. The summed E-state index contributed by atoms with van der Waals surface area (Å²) in [4.78, 5) is 0. The fourth-order valence-electron chi connectivity index (χ4n) is 1.10. The summed E-state index contributed by atoms with van der Waals surface area (Å²) in [5.41, 5.74) is 0. The van der Waals surface area contributed by atoms with Crippen molar-refractivity contribution in [3.05, 3.63) is 0 Å². The van der Waals surface area contributed by atoms with Crippen LogP contribution in [0.25, 0.3) is 0 Å². The third-order valence-corrected chi connectivity index (χ3v) is 4.50. The zero-order chi connectivity index (χ0) is 8.69. The monoisotopic (exact) mass is 192 g/mol. The average molecular weight is 192 g/mol. The highest BCUT2D eigenvalue weighted by atomic mass is 32.2. The van der Waals surface area contributed by atoms with Crippen molar-refractivity contribution < 1.29 is 0 Å². The van der Waals surface area contributed by atoms with Gasteiger partial charge < -0.3 is 0 Å². The average Bonchev–Trinajstić information content (AvgIpc) is 2.03. The molecule has 0 aromatic heterocycles. The molecular formula is C9H20S2. The van der Waals surface area contributed by atoms with E-state index in [2.05, 4.69) is 38.8 Å². The Labute approximate surface area is 79.9 Å². The molecule has 0 fully saturated rings. The van der Waals surface area contributed by atoms with Gasteiger partial charge in [0.25, 0.3) is 0 Å². The third kappa shape index (κ3) is 5.02. The molecular weight excluding hydrogens is 172 g/mol. The summed E-state index contributed by atoms with van der Waals surface area (Å²) in [6.45, 7) is 6.87. The predicted octanol–water partition coefficient (Wildman–Crippen LogP) is 3.66. The summed E-state index contributed by atoms with van der Waals surface area (Å²) < 4.78 is 0. The van der Waals surface area contributed by atoms with Crippen LogP contribution in [0.4, 0.5) is 0 Å². The first-order valence-corrected chi connectivity index (χ1v) is 6.74. The topological polar surface area (TPSA) is 0 Å². The van der Waals surface area contributed by atoms with Crippen LogP contribution in [0.2, 0.25) is 0 Å². The van der Waals surface area contributed by atoms with Gasteiger partial charge in [-0.15, -0.1) is 0 Å². The first-order valence-electron chi connectivity index (χ1n) is 4.40. The second-order valence-corrected chi connectivity index (χ2v) is 5.45. The van der Waals surface area contributed by atoms with E-state index in [4.69, 9.17) is 0 Å². The normalized spacial score (nSPS) is 16.4. The molecule has 0 aliphatic rings. The second kappa shape index (κ2) is 7.35. The molecule has 0 saturated carbocycles. The zero-order valence-corrected chi connectivity index (χ0v) is 9.73. The Morgan fingerprint density at radius 2 is 1.91 bits per heavy atom. The summed E-state index contributed by atoms with van der Waals surface area (Å²) in [6, 6.07) is 0. The summed E-state index contributed by atoms with van der Waals surface area (Å²) in [7, 11) is 0. The highest BCUT2D eigenvalue weighted by Crippen LogP contribution is 2.26. The van der Waals surface area contributed by atoms with Crippen molar-refractivity contribution in [2.45, 2.75) is 44.1 Å². The molecule has 0 heterocycles. The number of rotatable bonds is 6. The lowest BCUT2D eigenvalue weighted by Crippen LogP contribution is -2.16. The van der Waals surface area contributed by atoms with Crippen molar-refractivity contribution >= 4 is 23.5 Å². The first-order chi connectivity index (χ1) is 5.26. The molecule has 0 N–H and O–H groups in total. The fraction of sp³-hybridized carbons (Fsp3) is 1.00. The lowest BCUT2D eigenvalue weighted by atomic mass is 10.2. The SMILES string of the molecule is CCCC(SCC)C(C)SC. The molecule has 0 amide bonds. The standard InChI is InChI=1S/C9H20S2/c1-5-7-9(11-6-2)8(3)10-4/h8-9H,5-7H2,1-4H3. The van der Waals surface area contributed by atoms with E-state index in [1.165, 1.54) is 18.6 Å². The molecule has 0 rings (SSSR count). The largest absolute Gasteiger partial charge is 0.161 e. The summed E-state index contributed by atoms with van der Waals surface area (Å²) >= 11 is 4.10. The van der Waals surface area contributed by atoms with Gasteiger partial charge in [-0.05, 0) is 18.4 Å². The van der Waals surface area contributed by atoms with Gasteiger partial charge in [0, 0.05) is 10.5 Å². The number of thioether (sulfide) groups is 2. The van der Waals surface area contributed by atoms with E-state index >= 15 is 0 Å². The molecule has 0 aromatic carbocycles. The Morgan fingerprint density at radius 1 is 1.27 bits per heavy atom. The summed E-state index contributed by atoms with van der Waals surface area (Å²) in [6.07, 6.45) is 4.91. The van der Waals surface area contributed by atoms with E-state index in [1.807, 2.05) is 11.8 Å². The maximum Gasteiger partial charge on any atom is 0.0163 e. The minimum Gasteiger partial charge on any atom is -0.161 e. The Hall–Kier alpha value is 0.700. The molecule has 0 bridgehead atoms. The highest BCUT2D eigenvalue weighted by molar-refractivity contribution is 8.03. The third-order valence-electron chi connectivity index (χ3n) is 1.85. The van der Waals surface area contributed by atoms with Crippen LogP contribution in [-0.2, 0) is 0 Å². The molecule has 0 aliphatic heterocycles. The van der Waals surface area contributed by atoms with Crippen LogP contribution in [0.5, 0.6) is 0 Å². The molecule has 0 aliphatic carbocycles. The fourth-order valence-corrected chi connectivity index (χ4v) is 3.21. The maximum absolute atomic E-state index is 2.34. The van der Waals surface area contributed by atoms with E-state index in [0.29, 0.717) is 0 Å². The van der Waals surface area contributed by atoms with Gasteiger partial charge in [0.1, 0.15) is 0 Å². The van der Waals surface area contributed by atoms with Crippen LogP contribution in [0.15, 0.2) is 0 Å². The van der Waals surface area contributed by atoms with E-state index in [0.717, 1.165) is 10.5 Å². The van der Waals surface area contributed by atoms with E-state index in [9.17, 15) is 0 Å². The molecule has 2 atom stereocenters. The van der Waals surface area contributed by atoms with Crippen LogP contribution >= 0.6 is 23.5 Å². The smallest absolute Gasteiger partial charge is 0.0163 e. The Balaban J connectivity index is 3.66.